The molecule has 1 atom stereocenters. The topological polar surface area (TPSA) is 65.0 Å². The molecule has 0 heterocycles. The number of methoxy groups -OCH3 is 2. The second kappa shape index (κ2) is 7.55. The molecule has 1 aromatic carbocycles. The lowest BCUT2D eigenvalue weighted by atomic mass is 10.1. The Balaban J connectivity index is 3.14. The number of aliphatic carboxylic acids is 1. The Morgan fingerprint density at radius 1 is 1.32 bits per heavy atom. The van der Waals surface area contributed by atoms with Gasteiger partial charge in [-0.2, -0.15) is 13.2 Å². The average Bonchev–Trinajstić information content (AvgIpc) is 2.40. The van der Waals surface area contributed by atoms with Crippen LogP contribution in [-0.4, -0.2) is 38.1 Å². The predicted octanol–water partition coefficient (Wildman–Crippen LogP) is 3.45. The van der Waals surface area contributed by atoms with E-state index in [-0.39, 0.29) is 22.1 Å². The Morgan fingerprint density at radius 2 is 1.95 bits per heavy atom. The van der Waals surface area contributed by atoms with Gasteiger partial charge in [-0.1, -0.05) is 11.6 Å². The monoisotopic (exact) mass is 342 g/mol. The lowest BCUT2D eigenvalue weighted by molar-refractivity contribution is -0.224. The molecule has 0 radical (unpaired) electrons. The Morgan fingerprint density at radius 3 is 2.41 bits per heavy atom. The van der Waals surface area contributed by atoms with Gasteiger partial charge in [-0.3, -0.25) is 4.79 Å². The molecule has 0 aromatic heterocycles. The second-order valence-electron chi connectivity index (χ2n) is 4.17. The summed E-state index contributed by atoms with van der Waals surface area (Å²) in [5.74, 6) is -1.15. The first-order valence-electron chi connectivity index (χ1n) is 6.02. The van der Waals surface area contributed by atoms with E-state index in [0.717, 1.165) is 12.1 Å². The zero-order chi connectivity index (χ0) is 16.9. The van der Waals surface area contributed by atoms with E-state index >= 15 is 0 Å². The van der Waals surface area contributed by atoms with Crippen LogP contribution in [0.2, 0.25) is 5.02 Å². The lowest BCUT2D eigenvalue weighted by Gasteiger charge is -2.22. The Bertz CT molecular complexity index is 533. The summed E-state index contributed by atoms with van der Waals surface area (Å²) in [6.45, 7) is -0.592. The van der Waals surface area contributed by atoms with Gasteiger partial charge in [0, 0.05) is 0 Å². The van der Waals surface area contributed by atoms with E-state index in [0.29, 0.717) is 0 Å². The minimum absolute atomic E-state index is 0.0149. The van der Waals surface area contributed by atoms with Gasteiger partial charge in [0.1, 0.15) is 0 Å². The van der Waals surface area contributed by atoms with Crippen LogP contribution in [-0.2, 0) is 9.53 Å². The van der Waals surface area contributed by atoms with Crippen molar-refractivity contribution in [2.75, 3.05) is 20.8 Å². The first-order chi connectivity index (χ1) is 10.2. The van der Waals surface area contributed by atoms with Crippen LogP contribution < -0.4 is 9.47 Å². The van der Waals surface area contributed by atoms with Crippen LogP contribution in [0.3, 0.4) is 0 Å². The number of ether oxygens (including phenoxy) is 3. The van der Waals surface area contributed by atoms with Crippen molar-refractivity contribution in [3.63, 3.8) is 0 Å². The molecule has 0 amide bonds. The third kappa shape index (κ3) is 4.67. The molecule has 0 aliphatic heterocycles. The zero-order valence-electron chi connectivity index (χ0n) is 11.7. The van der Waals surface area contributed by atoms with Gasteiger partial charge in [-0.05, 0) is 17.7 Å². The molecule has 9 heteroatoms. The van der Waals surface area contributed by atoms with E-state index in [9.17, 15) is 18.0 Å². The highest BCUT2D eigenvalue weighted by atomic mass is 35.5. The van der Waals surface area contributed by atoms with E-state index < -0.39 is 31.3 Å². The van der Waals surface area contributed by atoms with Crippen LogP contribution in [0.5, 0.6) is 11.5 Å². The quantitative estimate of drug-likeness (QED) is 0.822. The molecule has 0 bridgehead atoms. The van der Waals surface area contributed by atoms with Crippen LogP contribution in [0.25, 0.3) is 0 Å². The number of carboxylic acids is 1. The summed E-state index contributed by atoms with van der Waals surface area (Å²) in [5, 5.41) is 8.40. The van der Waals surface area contributed by atoms with Crippen LogP contribution in [0.1, 0.15) is 18.1 Å². The van der Waals surface area contributed by atoms with Gasteiger partial charge in [0.15, 0.2) is 17.6 Å². The molecule has 124 valence electrons. The zero-order valence-corrected chi connectivity index (χ0v) is 12.5. The summed E-state index contributed by atoms with van der Waals surface area (Å²) in [6, 6.07) is 2.13. The molecule has 0 saturated heterocycles. The van der Waals surface area contributed by atoms with Gasteiger partial charge in [0.05, 0.1) is 32.3 Å². The molecule has 1 aromatic rings. The van der Waals surface area contributed by atoms with E-state index in [1.807, 2.05) is 0 Å². The summed E-state index contributed by atoms with van der Waals surface area (Å²) in [7, 11) is 2.56. The first kappa shape index (κ1) is 18.4. The highest BCUT2D eigenvalue weighted by Gasteiger charge is 2.42. The van der Waals surface area contributed by atoms with Crippen molar-refractivity contribution >= 4 is 17.6 Å². The number of rotatable bonds is 7. The van der Waals surface area contributed by atoms with E-state index in [2.05, 4.69) is 4.74 Å². The van der Waals surface area contributed by atoms with Gasteiger partial charge in [0.2, 0.25) is 0 Å². The summed E-state index contributed by atoms with van der Waals surface area (Å²) in [5.41, 5.74) is -0.305. The normalized spacial score (nSPS) is 12.8. The Labute approximate surface area is 129 Å². The molecule has 0 saturated carbocycles. The third-order valence-electron chi connectivity index (χ3n) is 2.66. The summed E-state index contributed by atoms with van der Waals surface area (Å²) in [4.78, 5) is 10.4. The summed E-state index contributed by atoms with van der Waals surface area (Å²) in [6.07, 6.45) is -7.60. The number of alkyl halides is 3. The fourth-order valence-electron chi connectivity index (χ4n) is 1.73. The van der Waals surface area contributed by atoms with Crippen molar-refractivity contribution in [2.24, 2.45) is 0 Å². The summed E-state index contributed by atoms with van der Waals surface area (Å²) < 4.78 is 53.8. The molecule has 0 aliphatic rings. The molecule has 0 aliphatic carbocycles. The first-order valence-corrected chi connectivity index (χ1v) is 6.40. The van der Waals surface area contributed by atoms with E-state index in [4.69, 9.17) is 26.2 Å². The maximum Gasteiger partial charge on any atom is 0.418 e. The highest BCUT2D eigenvalue weighted by Crippen LogP contribution is 2.42. The maximum atomic E-state index is 13.1. The van der Waals surface area contributed by atoms with Crippen molar-refractivity contribution in [1.29, 1.82) is 0 Å². The lowest BCUT2D eigenvalue weighted by Crippen LogP contribution is -2.24. The van der Waals surface area contributed by atoms with Crippen molar-refractivity contribution in [2.45, 2.75) is 18.7 Å². The van der Waals surface area contributed by atoms with Gasteiger partial charge in [0.25, 0.3) is 0 Å². The number of halogens is 4. The van der Waals surface area contributed by atoms with E-state index in [1.165, 1.54) is 14.2 Å². The summed E-state index contributed by atoms with van der Waals surface area (Å²) >= 11 is 5.87. The predicted molar refractivity (Wildman–Crippen MR) is 71.6 cm³/mol. The second-order valence-corrected chi connectivity index (χ2v) is 4.58. The number of carbonyl (C=O) groups is 1. The minimum Gasteiger partial charge on any atom is -0.493 e. The number of hydrogen-bond acceptors (Lipinski definition) is 4. The van der Waals surface area contributed by atoms with Gasteiger partial charge in [-0.25, -0.2) is 0 Å². The third-order valence-corrected chi connectivity index (χ3v) is 2.94. The Kier molecular flexibility index (Phi) is 6.31. The maximum absolute atomic E-state index is 13.1. The molecule has 5 nitrogen and oxygen atoms in total. The van der Waals surface area contributed by atoms with Crippen molar-refractivity contribution in [1.82, 2.24) is 0 Å². The molecule has 22 heavy (non-hydrogen) atoms. The molecule has 0 spiro atoms. The minimum atomic E-state index is -4.73. The van der Waals surface area contributed by atoms with Crippen LogP contribution in [0.4, 0.5) is 13.2 Å². The molecule has 0 unspecified atom stereocenters. The van der Waals surface area contributed by atoms with Gasteiger partial charge in [-0.15, -0.1) is 0 Å². The highest BCUT2D eigenvalue weighted by molar-refractivity contribution is 6.32. The molecular weight excluding hydrogens is 329 g/mol. The smallest absolute Gasteiger partial charge is 0.418 e. The van der Waals surface area contributed by atoms with Crippen LogP contribution in [0, 0.1) is 0 Å². The fourth-order valence-corrected chi connectivity index (χ4v) is 2.03. The van der Waals surface area contributed by atoms with Crippen molar-refractivity contribution < 1.29 is 37.3 Å². The number of hydrogen-bond donors (Lipinski definition) is 1. The van der Waals surface area contributed by atoms with Crippen molar-refractivity contribution in [3.8, 4) is 11.5 Å². The number of carboxylic acid groups (broad SMARTS) is 1. The van der Waals surface area contributed by atoms with Crippen LogP contribution in [0.15, 0.2) is 12.1 Å². The molecule has 1 N–H and O–H groups in total. The molecule has 1 rings (SSSR count). The average molecular weight is 343 g/mol. The molecule has 0 fully saturated rings. The SMILES string of the molecule is COc1cc([C@@H](OCCC(=O)O)C(F)(F)F)cc(Cl)c1OC. The molecular formula is C13H14ClF3O5. The number of benzene rings is 1. The fraction of sp³-hybridized carbons (Fsp3) is 0.462. The van der Waals surface area contributed by atoms with Crippen molar-refractivity contribution in [3.05, 3.63) is 22.7 Å². The standard InChI is InChI=1S/C13H14ClF3O5/c1-20-9-6-7(5-8(14)11(9)21-2)12(13(15,16)17)22-4-3-10(18)19/h5-6,12H,3-4H2,1-2H3,(H,18,19)/t12-/m1/s1. The van der Waals surface area contributed by atoms with Gasteiger partial charge < -0.3 is 19.3 Å². The van der Waals surface area contributed by atoms with E-state index in [1.54, 1.807) is 0 Å². The van der Waals surface area contributed by atoms with Gasteiger partial charge >= 0.3 is 12.1 Å². The van der Waals surface area contributed by atoms with Crippen LogP contribution >= 0.6 is 11.6 Å². The Hall–Kier alpha value is -1.67. The largest absolute Gasteiger partial charge is 0.493 e.